The second-order valence-corrected chi connectivity index (χ2v) is 5.99. The molecule has 4 heteroatoms. The molecule has 0 aliphatic heterocycles. The number of hydrogen-bond donors (Lipinski definition) is 1. The van der Waals surface area contributed by atoms with Crippen molar-refractivity contribution in [2.24, 2.45) is 5.73 Å². The van der Waals surface area contributed by atoms with Crippen LogP contribution in [0.3, 0.4) is 0 Å². The number of nitrogens with two attached hydrogens (primary N) is 1. The first-order valence-corrected chi connectivity index (χ1v) is 7.09. The Balaban J connectivity index is 2.35. The summed E-state index contributed by atoms with van der Waals surface area (Å²) >= 11 is 3.30. The molecule has 0 aromatic heterocycles. The molecule has 2 aromatic rings. The maximum absolute atomic E-state index is 13.5. The van der Waals surface area contributed by atoms with Crippen molar-refractivity contribution in [2.45, 2.75) is 18.9 Å². The van der Waals surface area contributed by atoms with Gasteiger partial charge < -0.3 is 10.5 Å². The van der Waals surface area contributed by atoms with E-state index in [9.17, 15) is 4.39 Å². The third-order valence-corrected chi connectivity index (χ3v) is 3.67. The van der Waals surface area contributed by atoms with E-state index in [0.717, 1.165) is 16.9 Å². The van der Waals surface area contributed by atoms with Crippen molar-refractivity contribution in [3.05, 3.63) is 63.9 Å². The smallest absolute Gasteiger partial charge is 0.124 e. The SMILES string of the molecule is COc1ccccc1C(C)(N)Cc1cc(F)cc(Br)c1. The molecule has 0 saturated carbocycles. The molecule has 0 aliphatic carbocycles. The summed E-state index contributed by atoms with van der Waals surface area (Å²) in [5, 5.41) is 0. The van der Waals surface area contributed by atoms with E-state index in [2.05, 4.69) is 15.9 Å². The van der Waals surface area contributed by atoms with Crippen LogP contribution in [0.5, 0.6) is 5.75 Å². The van der Waals surface area contributed by atoms with Gasteiger partial charge in [-0.1, -0.05) is 34.1 Å². The van der Waals surface area contributed by atoms with Gasteiger partial charge in [-0.05, 0) is 43.2 Å². The Labute approximate surface area is 126 Å². The van der Waals surface area contributed by atoms with Gasteiger partial charge in [-0.15, -0.1) is 0 Å². The van der Waals surface area contributed by atoms with Gasteiger partial charge in [0.1, 0.15) is 11.6 Å². The summed E-state index contributed by atoms with van der Waals surface area (Å²) in [6.45, 7) is 1.92. The second kappa shape index (κ2) is 5.94. The minimum atomic E-state index is -0.639. The van der Waals surface area contributed by atoms with Crippen molar-refractivity contribution in [3.63, 3.8) is 0 Å². The molecule has 2 N–H and O–H groups in total. The Bertz CT molecular complexity index is 593. The number of para-hydroxylation sites is 1. The zero-order valence-electron chi connectivity index (χ0n) is 11.5. The monoisotopic (exact) mass is 337 g/mol. The number of methoxy groups -OCH3 is 1. The Morgan fingerprint density at radius 1 is 1.25 bits per heavy atom. The number of benzene rings is 2. The highest BCUT2D eigenvalue weighted by atomic mass is 79.9. The number of halogens is 2. The van der Waals surface area contributed by atoms with E-state index in [1.165, 1.54) is 12.1 Å². The van der Waals surface area contributed by atoms with Crippen molar-refractivity contribution in [1.82, 2.24) is 0 Å². The van der Waals surface area contributed by atoms with Gasteiger partial charge in [-0.3, -0.25) is 0 Å². The molecule has 0 radical (unpaired) electrons. The van der Waals surface area contributed by atoms with E-state index >= 15 is 0 Å². The zero-order chi connectivity index (χ0) is 14.8. The van der Waals surface area contributed by atoms with Crippen molar-refractivity contribution in [3.8, 4) is 5.75 Å². The van der Waals surface area contributed by atoms with E-state index in [1.807, 2.05) is 37.3 Å². The quantitative estimate of drug-likeness (QED) is 0.914. The van der Waals surface area contributed by atoms with E-state index in [-0.39, 0.29) is 5.82 Å². The molecule has 106 valence electrons. The fourth-order valence-electron chi connectivity index (χ4n) is 2.35. The third-order valence-electron chi connectivity index (χ3n) is 3.22. The first-order valence-electron chi connectivity index (χ1n) is 6.30. The topological polar surface area (TPSA) is 35.2 Å². The van der Waals surface area contributed by atoms with Gasteiger partial charge in [0.25, 0.3) is 0 Å². The van der Waals surface area contributed by atoms with Crippen LogP contribution >= 0.6 is 15.9 Å². The summed E-state index contributed by atoms with van der Waals surface area (Å²) in [5.74, 6) is 0.471. The summed E-state index contributed by atoms with van der Waals surface area (Å²) in [6, 6.07) is 12.5. The molecule has 1 atom stereocenters. The van der Waals surface area contributed by atoms with Crippen molar-refractivity contribution in [1.29, 1.82) is 0 Å². The predicted molar refractivity (Wildman–Crippen MR) is 82.3 cm³/mol. The molecule has 0 spiro atoms. The molecule has 2 nitrogen and oxygen atoms in total. The molecule has 1 unspecified atom stereocenters. The lowest BCUT2D eigenvalue weighted by molar-refractivity contribution is 0.386. The highest BCUT2D eigenvalue weighted by molar-refractivity contribution is 9.10. The highest BCUT2D eigenvalue weighted by Crippen LogP contribution is 2.31. The van der Waals surface area contributed by atoms with Gasteiger partial charge in [0, 0.05) is 15.6 Å². The maximum atomic E-state index is 13.5. The largest absolute Gasteiger partial charge is 0.496 e. The van der Waals surface area contributed by atoms with E-state index in [1.54, 1.807) is 7.11 Å². The standard InChI is InChI=1S/C16H17BrFNO/c1-16(19,14-5-3-4-6-15(14)20-2)10-11-7-12(17)9-13(18)8-11/h3-9H,10,19H2,1-2H3. The van der Waals surface area contributed by atoms with Crippen LogP contribution in [0.1, 0.15) is 18.1 Å². The molecule has 0 saturated heterocycles. The zero-order valence-corrected chi connectivity index (χ0v) is 13.1. The molecular formula is C16H17BrFNO. The van der Waals surface area contributed by atoms with Crippen LogP contribution in [0.25, 0.3) is 0 Å². The lowest BCUT2D eigenvalue weighted by Crippen LogP contribution is -2.35. The van der Waals surface area contributed by atoms with Crippen LogP contribution in [0, 0.1) is 5.82 Å². The Kier molecular flexibility index (Phi) is 4.45. The first-order chi connectivity index (χ1) is 9.42. The molecule has 20 heavy (non-hydrogen) atoms. The minimum absolute atomic E-state index is 0.273. The third kappa shape index (κ3) is 3.38. The molecule has 0 heterocycles. The average Bonchev–Trinajstić information content (AvgIpc) is 2.36. The van der Waals surface area contributed by atoms with Gasteiger partial charge in [-0.2, -0.15) is 0 Å². The molecule has 2 rings (SSSR count). The first kappa shape index (κ1) is 15.0. The predicted octanol–water partition coefficient (Wildman–Crippen LogP) is 4.01. The van der Waals surface area contributed by atoms with Crippen LogP contribution < -0.4 is 10.5 Å². The van der Waals surface area contributed by atoms with Crippen LogP contribution in [-0.2, 0) is 12.0 Å². The van der Waals surface area contributed by atoms with Gasteiger partial charge in [0.2, 0.25) is 0 Å². The van der Waals surface area contributed by atoms with E-state index in [4.69, 9.17) is 10.5 Å². The average molecular weight is 338 g/mol. The van der Waals surface area contributed by atoms with Crippen LogP contribution in [0.2, 0.25) is 0 Å². The number of ether oxygens (including phenoxy) is 1. The van der Waals surface area contributed by atoms with Crippen molar-refractivity contribution in [2.75, 3.05) is 7.11 Å². The highest BCUT2D eigenvalue weighted by Gasteiger charge is 2.25. The minimum Gasteiger partial charge on any atom is -0.496 e. The molecular weight excluding hydrogens is 321 g/mol. The van der Waals surface area contributed by atoms with E-state index in [0.29, 0.717) is 10.9 Å². The molecule has 0 fully saturated rings. The van der Waals surface area contributed by atoms with Crippen molar-refractivity contribution < 1.29 is 9.13 Å². The summed E-state index contributed by atoms with van der Waals surface area (Å²) < 4.78 is 19.5. The lowest BCUT2D eigenvalue weighted by Gasteiger charge is -2.27. The van der Waals surface area contributed by atoms with E-state index < -0.39 is 5.54 Å². The normalized spacial score (nSPS) is 13.8. The van der Waals surface area contributed by atoms with Gasteiger partial charge in [0.05, 0.1) is 7.11 Å². The Morgan fingerprint density at radius 2 is 1.95 bits per heavy atom. The fraction of sp³-hybridized carbons (Fsp3) is 0.250. The molecule has 0 bridgehead atoms. The van der Waals surface area contributed by atoms with Crippen LogP contribution in [0.4, 0.5) is 4.39 Å². The summed E-state index contributed by atoms with van der Waals surface area (Å²) in [5.41, 5.74) is 7.54. The number of rotatable bonds is 4. The molecule has 0 aliphatic rings. The fourth-order valence-corrected chi connectivity index (χ4v) is 2.86. The summed E-state index contributed by atoms with van der Waals surface area (Å²) in [6.07, 6.45) is 0.518. The van der Waals surface area contributed by atoms with Gasteiger partial charge >= 0.3 is 0 Å². The maximum Gasteiger partial charge on any atom is 0.124 e. The van der Waals surface area contributed by atoms with Crippen LogP contribution in [0.15, 0.2) is 46.9 Å². The van der Waals surface area contributed by atoms with Gasteiger partial charge in [0.15, 0.2) is 0 Å². The Morgan fingerprint density at radius 3 is 2.60 bits per heavy atom. The van der Waals surface area contributed by atoms with Crippen molar-refractivity contribution >= 4 is 15.9 Å². The van der Waals surface area contributed by atoms with Gasteiger partial charge in [-0.25, -0.2) is 4.39 Å². The Hall–Kier alpha value is -1.39. The molecule has 2 aromatic carbocycles. The second-order valence-electron chi connectivity index (χ2n) is 5.07. The lowest BCUT2D eigenvalue weighted by atomic mass is 9.86. The molecule has 0 amide bonds. The van der Waals surface area contributed by atoms with Crippen LogP contribution in [-0.4, -0.2) is 7.11 Å². The summed E-state index contributed by atoms with van der Waals surface area (Å²) in [4.78, 5) is 0. The number of hydrogen-bond acceptors (Lipinski definition) is 2. The summed E-state index contributed by atoms with van der Waals surface area (Å²) in [7, 11) is 1.62.